The van der Waals surface area contributed by atoms with Crippen LogP contribution in [0.25, 0.3) is 0 Å². The first-order valence-corrected chi connectivity index (χ1v) is 8.94. The van der Waals surface area contributed by atoms with Gasteiger partial charge in [0.05, 0.1) is 0 Å². The lowest BCUT2D eigenvalue weighted by atomic mass is 9.88. The summed E-state index contributed by atoms with van der Waals surface area (Å²) in [5, 5.41) is 0. The molecule has 0 saturated carbocycles. The Hall–Kier alpha value is -1.64. The molecule has 23 heavy (non-hydrogen) atoms. The lowest BCUT2D eigenvalue weighted by Crippen LogP contribution is -2.15. The molecule has 3 heteroatoms. The molecule has 0 aromatic heterocycles. The van der Waals surface area contributed by atoms with E-state index in [1.54, 1.807) is 6.08 Å². The van der Waals surface area contributed by atoms with Gasteiger partial charge in [0.15, 0.2) is 5.78 Å². The highest BCUT2D eigenvalue weighted by Crippen LogP contribution is 2.29. The summed E-state index contributed by atoms with van der Waals surface area (Å²) in [4.78, 5) is 23.1. The molecule has 2 rings (SSSR count). The van der Waals surface area contributed by atoms with Crippen molar-refractivity contribution in [2.75, 3.05) is 0 Å². The summed E-state index contributed by atoms with van der Waals surface area (Å²) in [5.41, 5.74) is 0. The van der Waals surface area contributed by atoms with Gasteiger partial charge in [0.1, 0.15) is 6.10 Å². The van der Waals surface area contributed by atoms with Crippen molar-refractivity contribution in [1.82, 2.24) is 0 Å². The van der Waals surface area contributed by atoms with Crippen LogP contribution in [0.3, 0.4) is 0 Å². The van der Waals surface area contributed by atoms with Gasteiger partial charge in [-0.2, -0.15) is 0 Å². The molecule has 0 radical (unpaired) electrons. The van der Waals surface area contributed by atoms with E-state index in [0.717, 1.165) is 25.7 Å². The average molecular weight is 316 g/mol. The van der Waals surface area contributed by atoms with Crippen molar-refractivity contribution in [3.05, 3.63) is 36.5 Å². The number of rotatable bonds is 9. The zero-order valence-corrected chi connectivity index (χ0v) is 14.1. The van der Waals surface area contributed by atoms with E-state index in [0.29, 0.717) is 12.3 Å². The van der Waals surface area contributed by atoms with Crippen molar-refractivity contribution in [2.24, 2.45) is 11.8 Å². The predicted molar refractivity (Wildman–Crippen MR) is 91.9 cm³/mol. The first-order chi connectivity index (χ1) is 11.2. The molecule has 0 spiro atoms. The van der Waals surface area contributed by atoms with Gasteiger partial charge in [0, 0.05) is 12.3 Å². The summed E-state index contributed by atoms with van der Waals surface area (Å²) in [6.45, 7) is 2.21. The second kappa shape index (κ2) is 9.49. The van der Waals surface area contributed by atoms with Crippen molar-refractivity contribution < 1.29 is 14.3 Å². The maximum atomic E-state index is 12.0. The fourth-order valence-electron chi connectivity index (χ4n) is 3.16. The second-order valence-corrected chi connectivity index (χ2v) is 6.47. The number of cyclic esters (lactones) is 1. The van der Waals surface area contributed by atoms with E-state index in [2.05, 4.69) is 19.1 Å². The molecular formula is C20H28O3. The lowest BCUT2D eigenvalue weighted by Gasteiger charge is -2.15. The molecule has 126 valence electrons. The molecule has 1 heterocycles. The Morgan fingerprint density at radius 1 is 1.17 bits per heavy atom. The Balaban J connectivity index is 1.74. The SMILES string of the molecule is CCCCC/C=C\C[C@H]1C=CC(=O)[C@@H]1C/C=C\[C@@H]1CCC(=O)O1. The lowest BCUT2D eigenvalue weighted by molar-refractivity contribution is -0.140. The molecule has 0 bridgehead atoms. The molecule has 0 amide bonds. The largest absolute Gasteiger partial charge is 0.458 e. The van der Waals surface area contributed by atoms with Gasteiger partial charge in [-0.1, -0.05) is 44.1 Å². The molecule has 3 nitrogen and oxygen atoms in total. The van der Waals surface area contributed by atoms with Crippen molar-refractivity contribution in [3.63, 3.8) is 0 Å². The quantitative estimate of drug-likeness (QED) is 0.356. The van der Waals surface area contributed by atoms with Gasteiger partial charge >= 0.3 is 5.97 Å². The van der Waals surface area contributed by atoms with Crippen LogP contribution in [0.1, 0.15) is 58.3 Å². The van der Waals surface area contributed by atoms with Crippen LogP contribution in [-0.4, -0.2) is 17.9 Å². The Labute approximate surface area is 139 Å². The third-order valence-electron chi connectivity index (χ3n) is 4.60. The van der Waals surface area contributed by atoms with Gasteiger partial charge in [0.2, 0.25) is 0 Å². The average Bonchev–Trinajstić information content (AvgIpc) is 3.10. The minimum atomic E-state index is -0.121. The number of esters is 1. The Bertz CT molecular complexity index is 487. The molecule has 2 aliphatic rings. The van der Waals surface area contributed by atoms with Crippen molar-refractivity contribution in [1.29, 1.82) is 0 Å². The summed E-state index contributed by atoms with van der Waals surface area (Å²) < 4.78 is 5.15. The Morgan fingerprint density at radius 2 is 2.04 bits per heavy atom. The van der Waals surface area contributed by atoms with Crippen LogP contribution >= 0.6 is 0 Å². The molecule has 0 unspecified atom stereocenters. The van der Waals surface area contributed by atoms with E-state index >= 15 is 0 Å². The predicted octanol–water partition coefficient (Wildman–Crippen LogP) is 4.54. The minimum absolute atomic E-state index is 0.0450. The van der Waals surface area contributed by atoms with E-state index < -0.39 is 0 Å². The van der Waals surface area contributed by atoms with E-state index in [9.17, 15) is 9.59 Å². The first-order valence-electron chi connectivity index (χ1n) is 8.94. The molecule has 1 aliphatic carbocycles. The van der Waals surface area contributed by atoms with Gasteiger partial charge in [0.25, 0.3) is 0 Å². The van der Waals surface area contributed by atoms with Crippen LogP contribution in [0.2, 0.25) is 0 Å². The molecule has 1 saturated heterocycles. The van der Waals surface area contributed by atoms with Gasteiger partial charge in [-0.3, -0.25) is 9.59 Å². The number of allylic oxidation sites excluding steroid dienone is 5. The highest BCUT2D eigenvalue weighted by Gasteiger charge is 2.28. The van der Waals surface area contributed by atoms with Crippen LogP contribution in [0.5, 0.6) is 0 Å². The minimum Gasteiger partial charge on any atom is -0.458 e. The van der Waals surface area contributed by atoms with Crippen LogP contribution in [0, 0.1) is 11.8 Å². The first kappa shape index (κ1) is 17.7. The van der Waals surface area contributed by atoms with Gasteiger partial charge in [-0.15, -0.1) is 0 Å². The standard InChI is InChI=1S/C20H28O3/c1-2-3-4-5-6-7-9-16-12-14-19(21)18(16)11-8-10-17-13-15-20(22)23-17/h6-8,10,12,14,16-18H,2-5,9,11,13,15H2,1H3/b7-6-,10-8-/t16-,17+,18+/m0/s1. The maximum absolute atomic E-state index is 12.0. The highest BCUT2D eigenvalue weighted by molar-refractivity contribution is 5.94. The molecule has 0 aromatic rings. The molecule has 1 fully saturated rings. The number of carbonyl (C=O) groups is 2. The maximum Gasteiger partial charge on any atom is 0.306 e. The van der Waals surface area contributed by atoms with Crippen molar-refractivity contribution in [2.45, 2.75) is 64.4 Å². The zero-order valence-electron chi connectivity index (χ0n) is 14.1. The van der Waals surface area contributed by atoms with E-state index in [-0.39, 0.29) is 23.8 Å². The summed E-state index contributed by atoms with van der Waals surface area (Å²) in [6, 6.07) is 0. The van der Waals surface area contributed by atoms with Crippen molar-refractivity contribution in [3.8, 4) is 0 Å². The third kappa shape index (κ3) is 5.81. The number of ether oxygens (including phenoxy) is 1. The van der Waals surface area contributed by atoms with Gasteiger partial charge < -0.3 is 4.74 Å². The second-order valence-electron chi connectivity index (χ2n) is 6.47. The fourth-order valence-corrected chi connectivity index (χ4v) is 3.16. The topological polar surface area (TPSA) is 43.4 Å². The van der Waals surface area contributed by atoms with E-state index in [4.69, 9.17) is 4.74 Å². The summed E-state index contributed by atoms with van der Waals surface area (Å²) in [6.07, 6.45) is 19.9. The highest BCUT2D eigenvalue weighted by atomic mass is 16.5. The van der Waals surface area contributed by atoms with Gasteiger partial charge in [-0.05, 0) is 50.2 Å². The van der Waals surface area contributed by atoms with E-state index in [1.807, 2.05) is 18.2 Å². The molecule has 3 atom stereocenters. The smallest absolute Gasteiger partial charge is 0.306 e. The number of hydrogen-bond acceptors (Lipinski definition) is 3. The molecule has 1 aliphatic heterocycles. The summed E-state index contributed by atoms with van der Waals surface area (Å²) in [5.74, 6) is 0.455. The number of ketones is 1. The van der Waals surface area contributed by atoms with Crippen LogP contribution < -0.4 is 0 Å². The number of hydrogen-bond donors (Lipinski definition) is 0. The summed E-state index contributed by atoms with van der Waals surface area (Å²) >= 11 is 0. The number of unbranched alkanes of at least 4 members (excludes halogenated alkanes) is 3. The monoisotopic (exact) mass is 316 g/mol. The Morgan fingerprint density at radius 3 is 2.78 bits per heavy atom. The molecule has 0 aromatic carbocycles. The fraction of sp³-hybridized carbons (Fsp3) is 0.600. The number of carbonyl (C=O) groups excluding carboxylic acids is 2. The zero-order chi connectivity index (χ0) is 16.5. The normalized spacial score (nSPS) is 27.6. The van der Waals surface area contributed by atoms with Crippen molar-refractivity contribution >= 4 is 11.8 Å². The van der Waals surface area contributed by atoms with Gasteiger partial charge in [-0.25, -0.2) is 0 Å². The third-order valence-corrected chi connectivity index (χ3v) is 4.60. The van der Waals surface area contributed by atoms with Crippen LogP contribution in [0.15, 0.2) is 36.5 Å². The Kier molecular flexibility index (Phi) is 7.31. The van der Waals surface area contributed by atoms with Crippen LogP contribution in [0.4, 0.5) is 0 Å². The molecule has 0 N–H and O–H groups in total. The van der Waals surface area contributed by atoms with Crippen LogP contribution in [-0.2, 0) is 14.3 Å². The molecular weight excluding hydrogens is 288 g/mol. The summed E-state index contributed by atoms with van der Waals surface area (Å²) in [7, 11) is 0. The van der Waals surface area contributed by atoms with E-state index in [1.165, 1.54) is 19.3 Å².